The molecule has 0 spiro atoms. The van der Waals surface area contributed by atoms with E-state index < -0.39 is 0 Å². The molecule has 1 aromatic carbocycles. The number of benzene rings is 1. The highest BCUT2D eigenvalue weighted by atomic mass is 19.1. The van der Waals surface area contributed by atoms with Gasteiger partial charge in [-0.15, -0.1) is 0 Å². The molecule has 0 bridgehead atoms. The zero-order chi connectivity index (χ0) is 14.1. The molecule has 1 aromatic rings. The van der Waals surface area contributed by atoms with Crippen LogP contribution in [-0.4, -0.2) is 55.1 Å². The van der Waals surface area contributed by atoms with Gasteiger partial charge in [-0.05, 0) is 31.0 Å². The van der Waals surface area contributed by atoms with Crippen molar-refractivity contribution in [3.05, 3.63) is 35.1 Å². The maximum atomic E-state index is 13.7. The van der Waals surface area contributed by atoms with Crippen LogP contribution < -0.4 is 5.32 Å². The van der Waals surface area contributed by atoms with Crippen molar-refractivity contribution in [2.24, 2.45) is 0 Å². The van der Waals surface area contributed by atoms with E-state index in [1.807, 2.05) is 13.0 Å². The van der Waals surface area contributed by atoms with E-state index in [1.165, 1.54) is 0 Å². The third-order valence-corrected chi connectivity index (χ3v) is 4.78. The van der Waals surface area contributed by atoms with Crippen molar-refractivity contribution in [1.29, 1.82) is 0 Å². The average Bonchev–Trinajstić information content (AvgIpc) is 2.41. The second-order valence-electron chi connectivity index (χ2n) is 6.08. The second kappa shape index (κ2) is 5.80. The van der Waals surface area contributed by atoms with Gasteiger partial charge in [0, 0.05) is 51.4 Å². The minimum Gasteiger partial charge on any atom is -0.314 e. The summed E-state index contributed by atoms with van der Waals surface area (Å²) in [5.41, 5.74) is 1.81. The van der Waals surface area contributed by atoms with E-state index in [1.54, 1.807) is 6.07 Å². The van der Waals surface area contributed by atoms with E-state index in [-0.39, 0.29) is 5.82 Å². The molecule has 4 heteroatoms. The van der Waals surface area contributed by atoms with Crippen molar-refractivity contribution in [3.8, 4) is 0 Å². The van der Waals surface area contributed by atoms with E-state index in [2.05, 4.69) is 28.1 Å². The number of hydrogen-bond donors (Lipinski definition) is 1. The van der Waals surface area contributed by atoms with Gasteiger partial charge in [0.2, 0.25) is 0 Å². The summed E-state index contributed by atoms with van der Waals surface area (Å²) >= 11 is 0. The molecule has 2 aliphatic heterocycles. The molecule has 110 valence electrons. The monoisotopic (exact) mass is 277 g/mol. The lowest BCUT2D eigenvalue weighted by Gasteiger charge is -2.49. The lowest BCUT2D eigenvalue weighted by molar-refractivity contribution is 0.00341. The second-order valence-corrected chi connectivity index (χ2v) is 6.08. The summed E-state index contributed by atoms with van der Waals surface area (Å²) in [4.78, 5) is 5.02. The summed E-state index contributed by atoms with van der Waals surface area (Å²) < 4.78 is 13.7. The van der Waals surface area contributed by atoms with Crippen molar-refractivity contribution in [1.82, 2.24) is 15.1 Å². The Labute approximate surface area is 120 Å². The minimum absolute atomic E-state index is 0.0893. The van der Waals surface area contributed by atoms with E-state index in [4.69, 9.17) is 0 Å². The van der Waals surface area contributed by atoms with Crippen molar-refractivity contribution in [2.75, 3.05) is 39.3 Å². The molecule has 3 nitrogen and oxygen atoms in total. The quantitative estimate of drug-likeness (QED) is 0.908. The van der Waals surface area contributed by atoms with Gasteiger partial charge >= 0.3 is 0 Å². The van der Waals surface area contributed by atoms with Crippen LogP contribution in [0.5, 0.6) is 0 Å². The molecule has 1 N–H and O–H groups in total. The summed E-state index contributed by atoms with van der Waals surface area (Å²) in [5.74, 6) is -0.0893. The van der Waals surface area contributed by atoms with Crippen LogP contribution >= 0.6 is 0 Å². The predicted octanol–water partition coefficient (Wildman–Crippen LogP) is 1.78. The lowest BCUT2D eigenvalue weighted by atomic mass is 9.98. The van der Waals surface area contributed by atoms with Gasteiger partial charge in [0.05, 0.1) is 0 Å². The number of nitrogens with zero attached hydrogens (tertiary/aromatic N) is 2. The van der Waals surface area contributed by atoms with Crippen LogP contribution in [-0.2, 0) is 0 Å². The fourth-order valence-electron chi connectivity index (χ4n) is 3.16. The molecule has 1 atom stereocenters. The first-order valence-corrected chi connectivity index (χ1v) is 7.60. The Kier molecular flexibility index (Phi) is 4.06. The van der Waals surface area contributed by atoms with E-state index in [0.717, 1.165) is 50.4 Å². The maximum Gasteiger partial charge on any atom is 0.126 e. The molecule has 1 unspecified atom stereocenters. The topological polar surface area (TPSA) is 18.5 Å². The Hall–Kier alpha value is -0.970. The Morgan fingerprint density at radius 1 is 1.25 bits per heavy atom. The number of rotatable bonds is 3. The molecule has 2 fully saturated rings. The van der Waals surface area contributed by atoms with E-state index >= 15 is 0 Å². The van der Waals surface area contributed by atoms with Crippen molar-refractivity contribution >= 4 is 0 Å². The summed E-state index contributed by atoms with van der Waals surface area (Å²) in [6, 6.07) is 6.63. The fraction of sp³-hybridized carbons (Fsp3) is 0.625. The highest BCUT2D eigenvalue weighted by Gasteiger charge is 2.35. The Balaban J connectivity index is 1.57. The Morgan fingerprint density at radius 2 is 1.95 bits per heavy atom. The van der Waals surface area contributed by atoms with Crippen LogP contribution in [0, 0.1) is 12.7 Å². The van der Waals surface area contributed by atoms with Gasteiger partial charge in [-0.25, -0.2) is 4.39 Å². The number of nitrogens with one attached hydrogen (secondary N) is 1. The normalized spacial score (nSPS) is 23.6. The average molecular weight is 277 g/mol. The SMILES string of the molecule is Cc1ccc(C(C)N2CC(N3CCNCC3)C2)cc1F. The molecule has 2 aliphatic rings. The van der Waals surface area contributed by atoms with Crippen molar-refractivity contribution in [2.45, 2.75) is 25.9 Å². The number of piperazine rings is 1. The first-order chi connectivity index (χ1) is 9.65. The molecule has 0 aromatic heterocycles. The third kappa shape index (κ3) is 2.73. The molecule has 0 aliphatic carbocycles. The highest BCUT2D eigenvalue weighted by Crippen LogP contribution is 2.28. The fourth-order valence-corrected chi connectivity index (χ4v) is 3.16. The largest absolute Gasteiger partial charge is 0.314 e. The highest BCUT2D eigenvalue weighted by molar-refractivity contribution is 5.26. The van der Waals surface area contributed by atoms with Crippen LogP contribution in [0.3, 0.4) is 0 Å². The molecule has 0 radical (unpaired) electrons. The number of halogens is 1. The summed E-state index contributed by atoms with van der Waals surface area (Å²) in [6.07, 6.45) is 0. The minimum atomic E-state index is -0.0893. The zero-order valence-corrected chi connectivity index (χ0v) is 12.4. The lowest BCUT2D eigenvalue weighted by Crippen LogP contribution is -2.62. The molecule has 20 heavy (non-hydrogen) atoms. The number of likely N-dealkylation sites (tertiary alicyclic amines) is 1. The summed E-state index contributed by atoms with van der Waals surface area (Å²) in [7, 11) is 0. The van der Waals surface area contributed by atoms with Crippen LogP contribution in [0.25, 0.3) is 0 Å². The standard InChI is InChI=1S/C16H24FN3/c1-12-3-4-14(9-16(12)17)13(2)20-10-15(11-20)19-7-5-18-6-8-19/h3-4,9,13,15,18H,5-8,10-11H2,1-2H3. The maximum absolute atomic E-state index is 13.7. The number of aryl methyl sites for hydroxylation is 1. The summed E-state index contributed by atoms with van der Waals surface area (Å²) in [5, 5.41) is 3.39. The Bertz CT molecular complexity index is 465. The van der Waals surface area contributed by atoms with E-state index in [0.29, 0.717) is 12.1 Å². The Morgan fingerprint density at radius 3 is 2.60 bits per heavy atom. The van der Waals surface area contributed by atoms with Crippen molar-refractivity contribution < 1.29 is 4.39 Å². The van der Waals surface area contributed by atoms with Gasteiger partial charge in [0.1, 0.15) is 5.82 Å². The molecule has 0 amide bonds. The zero-order valence-electron chi connectivity index (χ0n) is 12.4. The van der Waals surface area contributed by atoms with Crippen molar-refractivity contribution in [3.63, 3.8) is 0 Å². The van der Waals surface area contributed by atoms with Gasteiger partial charge in [-0.3, -0.25) is 9.80 Å². The molecule has 0 saturated carbocycles. The first kappa shape index (κ1) is 14.0. The van der Waals surface area contributed by atoms with Gasteiger partial charge < -0.3 is 5.32 Å². The van der Waals surface area contributed by atoms with Crippen LogP contribution in [0.15, 0.2) is 18.2 Å². The third-order valence-electron chi connectivity index (χ3n) is 4.78. The van der Waals surface area contributed by atoms with E-state index in [9.17, 15) is 4.39 Å². The van der Waals surface area contributed by atoms with Gasteiger partial charge in [0.25, 0.3) is 0 Å². The predicted molar refractivity (Wildman–Crippen MR) is 79.4 cm³/mol. The van der Waals surface area contributed by atoms with Gasteiger partial charge in [0.15, 0.2) is 0 Å². The summed E-state index contributed by atoms with van der Waals surface area (Å²) in [6.45, 7) is 10.7. The molecular weight excluding hydrogens is 253 g/mol. The van der Waals surface area contributed by atoms with Gasteiger partial charge in [-0.1, -0.05) is 12.1 Å². The number of hydrogen-bond acceptors (Lipinski definition) is 3. The molecular formula is C16H24FN3. The van der Waals surface area contributed by atoms with Gasteiger partial charge in [-0.2, -0.15) is 0 Å². The van der Waals surface area contributed by atoms with Crippen LogP contribution in [0.2, 0.25) is 0 Å². The molecule has 2 heterocycles. The molecule has 3 rings (SSSR count). The smallest absolute Gasteiger partial charge is 0.126 e. The van der Waals surface area contributed by atoms with Crippen LogP contribution in [0.1, 0.15) is 24.1 Å². The van der Waals surface area contributed by atoms with Crippen LogP contribution in [0.4, 0.5) is 4.39 Å². The molecule has 2 saturated heterocycles. The first-order valence-electron chi connectivity index (χ1n) is 7.60.